The second-order valence-corrected chi connectivity index (χ2v) is 5.30. The molecule has 0 aliphatic carbocycles. The van der Waals surface area contributed by atoms with Crippen molar-refractivity contribution in [3.05, 3.63) is 0 Å². The Morgan fingerprint density at radius 3 is 2.30 bits per heavy atom. The molecule has 0 bridgehead atoms. The van der Waals surface area contributed by atoms with Crippen LogP contribution >= 0.6 is 7.37 Å². The summed E-state index contributed by atoms with van der Waals surface area (Å²) in [6, 6.07) is 0. The van der Waals surface area contributed by atoms with Gasteiger partial charge in [0.25, 0.3) is 0 Å². The van der Waals surface area contributed by atoms with E-state index in [1.165, 1.54) is 0 Å². The zero-order chi connectivity index (χ0) is 8.04. The average molecular weight is 164 g/mol. The van der Waals surface area contributed by atoms with Crippen LogP contribution in [0.1, 0.15) is 26.7 Å². The lowest BCUT2D eigenvalue weighted by Crippen LogP contribution is -1.93. The van der Waals surface area contributed by atoms with Crippen molar-refractivity contribution in [2.75, 3.05) is 19.4 Å². The fourth-order valence-electron chi connectivity index (χ4n) is 0.755. The van der Waals surface area contributed by atoms with Crippen molar-refractivity contribution in [2.45, 2.75) is 26.7 Å². The minimum Gasteiger partial charge on any atom is -0.329 e. The van der Waals surface area contributed by atoms with Crippen LogP contribution in [0.2, 0.25) is 0 Å². The highest BCUT2D eigenvalue weighted by molar-refractivity contribution is 7.58. The third-order valence-corrected chi connectivity index (χ3v) is 3.19. The van der Waals surface area contributed by atoms with Gasteiger partial charge in [-0.05, 0) is 12.8 Å². The molecule has 0 saturated heterocycles. The van der Waals surface area contributed by atoms with Gasteiger partial charge in [-0.15, -0.1) is 0 Å². The summed E-state index contributed by atoms with van der Waals surface area (Å²) in [5.41, 5.74) is 0. The molecular formula is C7H17O2P. The van der Waals surface area contributed by atoms with E-state index in [-0.39, 0.29) is 0 Å². The smallest absolute Gasteiger partial charge is 0.200 e. The van der Waals surface area contributed by atoms with Crippen LogP contribution in [-0.2, 0) is 9.09 Å². The molecule has 0 heterocycles. The lowest BCUT2D eigenvalue weighted by molar-refractivity contribution is 0.316. The molecule has 0 amide bonds. The van der Waals surface area contributed by atoms with Gasteiger partial charge in [0, 0.05) is 12.8 Å². The summed E-state index contributed by atoms with van der Waals surface area (Å²) in [4.78, 5) is 0. The Morgan fingerprint density at radius 1 is 1.30 bits per heavy atom. The number of hydrogen-bond donors (Lipinski definition) is 0. The van der Waals surface area contributed by atoms with Crippen molar-refractivity contribution in [3.8, 4) is 0 Å². The Kier molecular flexibility index (Phi) is 5.02. The average Bonchev–Trinajstić information content (AvgIpc) is 1.84. The van der Waals surface area contributed by atoms with Crippen molar-refractivity contribution >= 4 is 7.37 Å². The Morgan fingerprint density at radius 2 is 1.90 bits per heavy atom. The predicted molar refractivity (Wildman–Crippen MR) is 44.9 cm³/mol. The van der Waals surface area contributed by atoms with Crippen molar-refractivity contribution in [1.29, 1.82) is 0 Å². The first-order chi connectivity index (χ1) is 4.62. The zero-order valence-electron chi connectivity index (χ0n) is 7.09. The molecule has 0 radical (unpaired) electrons. The van der Waals surface area contributed by atoms with Crippen LogP contribution in [0, 0.1) is 0 Å². The van der Waals surface area contributed by atoms with Crippen LogP contribution < -0.4 is 0 Å². The zero-order valence-corrected chi connectivity index (χ0v) is 7.99. The van der Waals surface area contributed by atoms with E-state index < -0.39 is 7.37 Å². The van der Waals surface area contributed by atoms with Gasteiger partial charge in [0.15, 0.2) is 7.37 Å². The Labute approximate surface area is 63.4 Å². The number of rotatable bonds is 5. The Hall–Kier alpha value is 0.190. The summed E-state index contributed by atoms with van der Waals surface area (Å²) in [7, 11) is -2.21. The molecule has 0 aromatic rings. The lowest BCUT2D eigenvalue weighted by atomic mass is 10.5. The second kappa shape index (κ2) is 4.92. The molecule has 0 spiro atoms. The topological polar surface area (TPSA) is 26.3 Å². The molecule has 3 heteroatoms. The molecule has 1 unspecified atom stereocenters. The van der Waals surface area contributed by atoms with Crippen LogP contribution in [0.15, 0.2) is 0 Å². The fourth-order valence-corrected chi connectivity index (χ4v) is 2.27. The molecule has 0 aliphatic rings. The molecule has 0 aromatic carbocycles. The van der Waals surface area contributed by atoms with Crippen LogP contribution in [0.25, 0.3) is 0 Å². The summed E-state index contributed by atoms with van der Waals surface area (Å²) < 4.78 is 16.5. The fraction of sp³-hybridized carbons (Fsp3) is 1.00. The summed E-state index contributed by atoms with van der Waals surface area (Å²) in [6.45, 7) is 6.39. The van der Waals surface area contributed by atoms with Gasteiger partial charge in [0.05, 0.1) is 6.61 Å². The lowest BCUT2D eigenvalue weighted by Gasteiger charge is -2.11. The van der Waals surface area contributed by atoms with Gasteiger partial charge in [0.2, 0.25) is 0 Å². The van der Waals surface area contributed by atoms with Gasteiger partial charge < -0.3 is 4.52 Å². The first-order valence-electron chi connectivity index (χ1n) is 3.83. The van der Waals surface area contributed by atoms with E-state index >= 15 is 0 Å². The SMILES string of the molecule is CCCOP(C)(=O)CCC. The van der Waals surface area contributed by atoms with Crippen LogP contribution in [-0.4, -0.2) is 19.4 Å². The largest absolute Gasteiger partial charge is 0.329 e. The quantitative estimate of drug-likeness (QED) is 0.584. The number of hydrogen-bond acceptors (Lipinski definition) is 2. The molecular weight excluding hydrogens is 147 g/mol. The van der Waals surface area contributed by atoms with Gasteiger partial charge in [-0.2, -0.15) is 0 Å². The van der Waals surface area contributed by atoms with Crippen molar-refractivity contribution in [2.24, 2.45) is 0 Å². The van der Waals surface area contributed by atoms with Gasteiger partial charge in [-0.3, -0.25) is 4.57 Å². The molecule has 2 nitrogen and oxygen atoms in total. The molecule has 62 valence electrons. The maximum absolute atomic E-state index is 11.4. The van der Waals surface area contributed by atoms with Gasteiger partial charge in [-0.1, -0.05) is 13.8 Å². The standard InChI is InChI=1S/C7H17O2P/c1-4-6-9-10(3,8)7-5-2/h4-7H2,1-3H3. The third-order valence-electron chi connectivity index (χ3n) is 1.20. The van der Waals surface area contributed by atoms with Crippen LogP contribution in [0.3, 0.4) is 0 Å². The maximum atomic E-state index is 11.4. The minimum absolute atomic E-state index is 0.633. The summed E-state index contributed by atoms with van der Waals surface area (Å²) in [5.74, 6) is 0. The molecule has 0 aromatic heterocycles. The van der Waals surface area contributed by atoms with E-state index in [4.69, 9.17) is 4.52 Å². The molecule has 0 rings (SSSR count). The van der Waals surface area contributed by atoms with E-state index in [2.05, 4.69) is 0 Å². The van der Waals surface area contributed by atoms with Gasteiger partial charge in [0.1, 0.15) is 0 Å². The molecule has 0 N–H and O–H groups in total. The van der Waals surface area contributed by atoms with E-state index in [1.807, 2.05) is 13.8 Å². The molecule has 1 atom stereocenters. The van der Waals surface area contributed by atoms with Crippen molar-refractivity contribution < 1.29 is 9.09 Å². The second-order valence-electron chi connectivity index (χ2n) is 2.57. The Balaban J connectivity index is 3.53. The highest BCUT2D eigenvalue weighted by atomic mass is 31.2. The molecule has 0 aliphatic heterocycles. The Bertz CT molecular complexity index is 123. The van der Waals surface area contributed by atoms with E-state index in [1.54, 1.807) is 6.66 Å². The van der Waals surface area contributed by atoms with Crippen molar-refractivity contribution in [1.82, 2.24) is 0 Å². The van der Waals surface area contributed by atoms with Crippen LogP contribution in [0.5, 0.6) is 0 Å². The summed E-state index contributed by atoms with van der Waals surface area (Å²) in [5, 5.41) is 0. The van der Waals surface area contributed by atoms with Gasteiger partial charge >= 0.3 is 0 Å². The molecule has 0 fully saturated rings. The van der Waals surface area contributed by atoms with E-state index in [0.717, 1.165) is 12.8 Å². The van der Waals surface area contributed by atoms with Crippen LogP contribution in [0.4, 0.5) is 0 Å². The third kappa shape index (κ3) is 5.01. The monoisotopic (exact) mass is 164 g/mol. The predicted octanol–water partition coefficient (Wildman–Crippen LogP) is 2.73. The molecule has 0 saturated carbocycles. The first kappa shape index (κ1) is 10.2. The maximum Gasteiger partial charge on any atom is 0.200 e. The summed E-state index contributed by atoms with van der Waals surface area (Å²) in [6.07, 6.45) is 2.60. The van der Waals surface area contributed by atoms with E-state index in [0.29, 0.717) is 12.8 Å². The highest BCUT2D eigenvalue weighted by Crippen LogP contribution is 2.42. The van der Waals surface area contributed by atoms with Gasteiger partial charge in [-0.25, -0.2) is 0 Å². The normalized spacial score (nSPS) is 16.7. The van der Waals surface area contributed by atoms with E-state index in [9.17, 15) is 4.57 Å². The van der Waals surface area contributed by atoms with Crippen molar-refractivity contribution in [3.63, 3.8) is 0 Å². The molecule has 10 heavy (non-hydrogen) atoms. The first-order valence-corrected chi connectivity index (χ1v) is 6.09. The minimum atomic E-state index is -2.21. The summed E-state index contributed by atoms with van der Waals surface area (Å²) >= 11 is 0. The highest BCUT2D eigenvalue weighted by Gasteiger charge is 2.12.